The summed E-state index contributed by atoms with van der Waals surface area (Å²) in [5, 5.41) is 0. The highest BCUT2D eigenvalue weighted by atomic mass is 31.2. The fourth-order valence-corrected chi connectivity index (χ4v) is 5.74. The minimum absolute atomic E-state index is 0.000394. The molecule has 0 spiro atoms. The highest BCUT2D eigenvalue weighted by Gasteiger charge is 2.49. The number of hydrogen-bond acceptors (Lipinski definition) is 5. The second-order valence-corrected chi connectivity index (χ2v) is 11.1. The molecule has 0 aromatic rings. The van der Waals surface area contributed by atoms with Gasteiger partial charge in [-0.1, -0.05) is 97.3 Å². The third kappa shape index (κ3) is 13.5. The van der Waals surface area contributed by atoms with E-state index in [0.29, 0.717) is 12.6 Å². The van der Waals surface area contributed by atoms with Crippen molar-refractivity contribution < 1.29 is 18.5 Å². The Morgan fingerprint density at radius 1 is 0.806 bits per heavy atom. The van der Waals surface area contributed by atoms with Crippen LogP contribution in [0.25, 0.3) is 0 Å². The van der Waals surface area contributed by atoms with E-state index in [1.165, 1.54) is 84.2 Å². The molecule has 1 aliphatic carbocycles. The van der Waals surface area contributed by atoms with E-state index in [1.807, 2.05) is 0 Å². The van der Waals surface area contributed by atoms with Crippen molar-refractivity contribution in [1.82, 2.24) is 4.90 Å². The van der Waals surface area contributed by atoms with Gasteiger partial charge < -0.3 is 4.90 Å². The second-order valence-electron chi connectivity index (χ2n) is 9.30. The maximum atomic E-state index is 10.7. The lowest BCUT2D eigenvalue weighted by molar-refractivity contribution is 0.0323. The van der Waals surface area contributed by atoms with Gasteiger partial charge in [-0.3, -0.25) is 0 Å². The standard InChI is InChI=1S/C25H53NO4P/c1-5-7-8-9-10-11-12-13-14-15-16-17-18-19-23-29-31(27,28-4)30-25-22-20-21-24(25)26(3)6-2/h24-25,27H,5-23H2,1-4H3/q+1/t24-,25+,31?/m1/s1. The topological polar surface area (TPSA) is 51.2 Å². The predicted octanol–water partition coefficient (Wildman–Crippen LogP) is 7.69. The average molecular weight is 463 g/mol. The van der Waals surface area contributed by atoms with E-state index in [0.717, 1.165) is 38.6 Å². The van der Waals surface area contributed by atoms with E-state index >= 15 is 0 Å². The summed E-state index contributed by atoms with van der Waals surface area (Å²) in [5.74, 6) is 0. The molecule has 1 N–H and O–H groups in total. The second kappa shape index (κ2) is 18.6. The molecule has 0 aliphatic heterocycles. The van der Waals surface area contributed by atoms with Gasteiger partial charge in [-0.05, 0) is 39.3 Å². The first-order valence-corrected chi connectivity index (χ1v) is 14.8. The quantitative estimate of drug-likeness (QED) is 0.140. The van der Waals surface area contributed by atoms with Gasteiger partial charge in [0.15, 0.2) is 0 Å². The van der Waals surface area contributed by atoms with Gasteiger partial charge in [-0.25, -0.2) is 0 Å². The molecular formula is C25H53NO4P+. The van der Waals surface area contributed by atoms with Crippen molar-refractivity contribution in [3.8, 4) is 0 Å². The summed E-state index contributed by atoms with van der Waals surface area (Å²) >= 11 is 0. The van der Waals surface area contributed by atoms with Gasteiger partial charge in [0.1, 0.15) is 12.7 Å². The van der Waals surface area contributed by atoms with Crippen LogP contribution in [0.1, 0.15) is 123 Å². The normalized spacial score (nSPS) is 21.1. The van der Waals surface area contributed by atoms with Crippen LogP contribution in [0.3, 0.4) is 0 Å². The Balaban J connectivity index is 2.00. The summed E-state index contributed by atoms with van der Waals surface area (Å²) in [6, 6.07) is 0.344. The number of likely N-dealkylation sites (N-methyl/N-ethyl adjacent to an activating group) is 1. The van der Waals surface area contributed by atoms with Crippen molar-refractivity contribution in [2.75, 3.05) is 27.3 Å². The lowest BCUT2D eigenvalue weighted by atomic mass is 10.0. The molecule has 1 aliphatic rings. The molecule has 1 fully saturated rings. The molecule has 5 nitrogen and oxygen atoms in total. The van der Waals surface area contributed by atoms with Crippen LogP contribution in [0, 0.1) is 0 Å². The lowest BCUT2D eigenvalue weighted by Crippen LogP contribution is -2.39. The Bertz CT molecular complexity index is 415. The van der Waals surface area contributed by atoms with Gasteiger partial charge in [-0.15, -0.1) is 4.52 Å². The van der Waals surface area contributed by atoms with Crippen molar-refractivity contribution in [3.63, 3.8) is 0 Å². The smallest absolute Gasteiger partial charge is 0.301 e. The predicted molar refractivity (Wildman–Crippen MR) is 133 cm³/mol. The molecule has 3 atom stereocenters. The zero-order valence-electron chi connectivity index (χ0n) is 21.2. The molecular weight excluding hydrogens is 409 g/mol. The van der Waals surface area contributed by atoms with Gasteiger partial charge >= 0.3 is 8.17 Å². The van der Waals surface area contributed by atoms with Crippen molar-refractivity contribution in [2.45, 2.75) is 135 Å². The Morgan fingerprint density at radius 2 is 1.32 bits per heavy atom. The third-order valence-corrected chi connectivity index (χ3v) is 8.24. The summed E-state index contributed by atoms with van der Waals surface area (Å²) in [7, 11) is 0.410. The third-order valence-electron chi connectivity index (χ3n) is 6.73. The maximum absolute atomic E-state index is 10.7. The van der Waals surface area contributed by atoms with Crippen molar-refractivity contribution in [3.05, 3.63) is 0 Å². The first-order valence-electron chi connectivity index (χ1n) is 13.3. The highest BCUT2D eigenvalue weighted by Crippen LogP contribution is 2.59. The SMILES string of the molecule is CCCCCCCCCCCCCCCCO[P+](O)(OC)O[C@H]1CCC[C@H]1N(C)CC. The molecule has 0 radical (unpaired) electrons. The number of nitrogens with zero attached hydrogens (tertiary/aromatic N) is 1. The fourth-order valence-electron chi connectivity index (χ4n) is 4.54. The molecule has 1 rings (SSSR count). The Kier molecular flexibility index (Phi) is 17.6. The molecule has 1 unspecified atom stereocenters. The summed E-state index contributed by atoms with van der Waals surface area (Å²) < 4.78 is 17.0. The molecule has 0 amide bonds. The van der Waals surface area contributed by atoms with Crippen LogP contribution in [0.2, 0.25) is 0 Å². The van der Waals surface area contributed by atoms with Crippen LogP contribution >= 0.6 is 8.17 Å². The van der Waals surface area contributed by atoms with Gasteiger partial charge in [-0.2, -0.15) is 13.9 Å². The zero-order chi connectivity index (χ0) is 22.8. The van der Waals surface area contributed by atoms with Crippen LogP contribution in [-0.4, -0.2) is 49.2 Å². The number of unbranched alkanes of at least 4 members (excludes halogenated alkanes) is 13. The molecule has 0 bridgehead atoms. The van der Waals surface area contributed by atoms with Crippen LogP contribution < -0.4 is 0 Å². The van der Waals surface area contributed by atoms with Crippen molar-refractivity contribution in [2.24, 2.45) is 0 Å². The molecule has 0 aromatic carbocycles. The van der Waals surface area contributed by atoms with E-state index in [-0.39, 0.29) is 6.10 Å². The summed E-state index contributed by atoms with van der Waals surface area (Å²) in [4.78, 5) is 13.0. The molecule has 6 heteroatoms. The first-order chi connectivity index (χ1) is 15.1. The molecule has 0 saturated heterocycles. The zero-order valence-corrected chi connectivity index (χ0v) is 22.1. The van der Waals surface area contributed by atoms with E-state index in [9.17, 15) is 4.89 Å². The van der Waals surface area contributed by atoms with E-state index < -0.39 is 8.17 Å². The fraction of sp³-hybridized carbons (Fsp3) is 1.00. The van der Waals surface area contributed by atoms with E-state index in [2.05, 4.69) is 25.8 Å². The van der Waals surface area contributed by atoms with Crippen LogP contribution in [0.15, 0.2) is 0 Å². The Morgan fingerprint density at radius 3 is 1.81 bits per heavy atom. The first kappa shape index (κ1) is 29.3. The van der Waals surface area contributed by atoms with Crippen molar-refractivity contribution >= 4 is 8.17 Å². The Labute approximate surface area is 194 Å². The summed E-state index contributed by atoms with van der Waals surface area (Å²) in [6.07, 6.45) is 21.8. The molecule has 186 valence electrons. The number of hydrogen-bond donors (Lipinski definition) is 1. The molecule has 1 saturated carbocycles. The minimum Gasteiger partial charge on any atom is -0.301 e. The Hall–Kier alpha value is 0.230. The molecule has 0 heterocycles. The van der Waals surface area contributed by atoms with Gasteiger partial charge in [0.2, 0.25) is 0 Å². The summed E-state index contributed by atoms with van der Waals surface area (Å²) in [5.41, 5.74) is 0. The average Bonchev–Trinajstić information content (AvgIpc) is 3.23. The molecule has 0 aromatic heterocycles. The lowest BCUT2D eigenvalue weighted by Gasteiger charge is -2.28. The van der Waals surface area contributed by atoms with Gasteiger partial charge in [0, 0.05) is 6.04 Å². The summed E-state index contributed by atoms with van der Waals surface area (Å²) in [6.45, 7) is 5.92. The highest BCUT2D eigenvalue weighted by molar-refractivity contribution is 7.55. The van der Waals surface area contributed by atoms with E-state index in [1.54, 1.807) is 0 Å². The minimum atomic E-state index is -3.20. The van der Waals surface area contributed by atoms with Crippen LogP contribution in [-0.2, 0) is 13.6 Å². The van der Waals surface area contributed by atoms with Gasteiger partial charge in [0.25, 0.3) is 0 Å². The number of rotatable bonds is 21. The molecule has 31 heavy (non-hydrogen) atoms. The van der Waals surface area contributed by atoms with E-state index in [4.69, 9.17) is 13.6 Å². The van der Waals surface area contributed by atoms with Gasteiger partial charge in [0.05, 0.1) is 7.11 Å². The van der Waals surface area contributed by atoms with Crippen LogP contribution in [0.4, 0.5) is 0 Å². The largest absolute Gasteiger partial charge is 0.572 e. The van der Waals surface area contributed by atoms with Crippen molar-refractivity contribution in [1.29, 1.82) is 0 Å². The van der Waals surface area contributed by atoms with Crippen LogP contribution in [0.5, 0.6) is 0 Å². The monoisotopic (exact) mass is 462 g/mol. The maximum Gasteiger partial charge on any atom is 0.572 e.